The Kier molecular flexibility index (Phi) is 13.4. The van der Waals surface area contributed by atoms with Crippen LogP contribution in [-0.2, 0) is 34.3 Å². The highest BCUT2D eigenvalue weighted by Gasteiger charge is 2.57. The summed E-state index contributed by atoms with van der Waals surface area (Å²) in [5.41, 5.74) is -1.95. The van der Waals surface area contributed by atoms with Crippen LogP contribution in [0.3, 0.4) is 0 Å². The Bertz CT molecular complexity index is 565. The lowest BCUT2D eigenvalue weighted by Crippen LogP contribution is -2.43. The van der Waals surface area contributed by atoms with Crippen molar-refractivity contribution in [2.75, 3.05) is 26.1 Å². The monoisotopic (exact) mass is 482 g/mol. The molecular weight excluding hydrogens is 451 g/mol. The maximum Gasteiger partial charge on any atom is 0.453 e. The first-order valence-corrected chi connectivity index (χ1v) is 11.6. The Hall–Kier alpha value is -1.30. The molecule has 0 aliphatic rings. The second-order valence-corrected chi connectivity index (χ2v) is 8.00. The van der Waals surface area contributed by atoms with Gasteiger partial charge in [-0.2, -0.15) is 22.0 Å². The van der Waals surface area contributed by atoms with Crippen LogP contribution in [0.2, 0.25) is 0 Å². The van der Waals surface area contributed by atoms with E-state index in [0.29, 0.717) is 25.7 Å². The number of hydrogen-bond acceptors (Lipinski definition) is 6. The van der Waals surface area contributed by atoms with E-state index in [1.54, 1.807) is 0 Å². The van der Waals surface area contributed by atoms with Crippen LogP contribution in [0.1, 0.15) is 65.2 Å². The number of hydrogen-bond donors (Lipinski definition) is 0. The lowest BCUT2D eigenvalue weighted by molar-refractivity contribution is -0.284. The van der Waals surface area contributed by atoms with E-state index >= 15 is 0 Å². The van der Waals surface area contributed by atoms with Crippen molar-refractivity contribution < 1.29 is 49.4 Å². The molecule has 0 amide bonds. The van der Waals surface area contributed by atoms with Gasteiger partial charge in [-0.15, -0.1) is 0 Å². The molecule has 184 valence electrons. The summed E-state index contributed by atoms with van der Waals surface area (Å²) in [6, 6.07) is 0. The van der Waals surface area contributed by atoms with Crippen LogP contribution in [0.25, 0.3) is 0 Å². The predicted octanol–water partition coefficient (Wildman–Crippen LogP) is 4.73. The Balaban J connectivity index is 5.25. The normalized spacial score (nSPS) is 13.7. The van der Waals surface area contributed by atoms with E-state index in [0.717, 1.165) is 0 Å². The van der Waals surface area contributed by atoms with Crippen LogP contribution < -0.4 is 0 Å². The molecule has 1 atom stereocenters. The number of alkyl halides is 5. The van der Waals surface area contributed by atoms with Crippen LogP contribution in [-0.4, -0.2) is 54.3 Å². The molecule has 0 bridgehead atoms. The molecule has 0 aromatic heterocycles. The molecule has 6 nitrogen and oxygen atoms in total. The van der Waals surface area contributed by atoms with Gasteiger partial charge in [0, 0.05) is 12.7 Å². The van der Waals surface area contributed by atoms with Gasteiger partial charge in [0.25, 0.3) is 0 Å². The predicted molar refractivity (Wildman–Crippen MR) is 104 cm³/mol. The second kappa shape index (κ2) is 14.0. The van der Waals surface area contributed by atoms with Gasteiger partial charge in [0.05, 0.1) is 19.8 Å². The molecule has 0 saturated heterocycles. The van der Waals surface area contributed by atoms with Crippen molar-refractivity contribution in [1.29, 1.82) is 0 Å². The first-order valence-electron chi connectivity index (χ1n) is 10.1. The van der Waals surface area contributed by atoms with Gasteiger partial charge in [-0.05, 0) is 39.5 Å². The third-order valence-electron chi connectivity index (χ3n) is 4.59. The lowest BCUT2D eigenvalue weighted by Gasteiger charge is -2.30. The highest BCUT2D eigenvalue weighted by Crippen LogP contribution is 2.42. The molecule has 0 fully saturated rings. The summed E-state index contributed by atoms with van der Waals surface area (Å²) in [6.45, 7) is 3.05. The topological polar surface area (TPSA) is 78.9 Å². The van der Waals surface area contributed by atoms with Gasteiger partial charge in [-0.25, -0.2) is 4.21 Å². The van der Waals surface area contributed by atoms with Crippen molar-refractivity contribution in [3.8, 4) is 0 Å². The first-order chi connectivity index (χ1) is 14.3. The van der Waals surface area contributed by atoms with Crippen LogP contribution in [0.15, 0.2) is 0 Å². The van der Waals surface area contributed by atoms with E-state index < -0.39 is 59.8 Å². The van der Waals surface area contributed by atoms with Crippen molar-refractivity contribution in [2.24, 2.45) is 5.41 Å². The number of rotatable bonds is 16. The van der Waals surface area contributed by atoms with Crippen LogP contribution >= 0.6 is 0 Å². The fraction of sp³-hybridized carbons (Fsp3) is 0.895. The second-order valence-electron chi connectivity index (χ2n) is 6.97. The molecule has 0 aromatic carbocycles. The number of carbonyl (C=O) groups is 2. The molecule has 1 unspecified atom stereocenters. The lowest BCUT2D eigenvalue weighted by atomic mass is 9.77. The van der Waals surface area contributed by atoms with Crippen molar-refractivity contribution in [3.63, 3.8) is 0 Å². The number of esters is 2. The van der Waals surface area contributed by atoms with Gasteiger partial charge < -0.3 is 9.47 Å². The van der Waals surface area contributed by atoms with Gasteiger partial charge in [0.2, 0.25) is 0 Å². The van der Waals surface area contributed by atoms with E-state index in [4.69, 9.17) is 13.7 Å². The minimum absolute atomic E-state index is 0.0931. The van der Waals surface area contributed by atoms with Gasteiger partial charge >= 0.3 is 24.0 Å². The SMILES string of the molecule is CCOC(=O)C(CCCCCCOS(C)=O)(CCCC(F)(F)C(F)(F)F)C(=O)OCC. The third-order valence-corrected chi connectivity index (χ3v) is 5.09. The quantitative estimate of drug-likeness (QED) is 0.137. The zero-order valence-corrected chi connectivity index (χ0v) is 18.8. The Morgan fingerprint density at radius 3 is 1.71 bits per heavy atom. The molecule has 0 saturated carbocycles. The number of unbranched alkanes of at least 4 members (excludes halogenated alkanes) is 3. The molecule has 31 heavy (non-hydrogen) atoms. The van der Waals surface area contributed by atoms with Crippen molar-refractivity contribution in [3.05, 3.63) is 0 Å². The zero-order valence-electron chi connectivity index (χ0n) is 18.0. The molecule has 0 radical (unpaired) electrons. The number of halogens is 5. The summed E-state index contributed by atoms with van der Waals surface area (Å²) in [6.07, 6.45) is -5.24. The van der Waals surface area contributed by atoms with Crippen molar-refractivity contribution >= 4 is 23.0 Å². The summed E-state index contributed by atoms with van der Waals surface area (Å²) in [5, 5.41) is 0. The van der Waals surface area contributed by atoms with E-state index in [-0.39, 0.29) is 26.2 Å². The maximum absolute atomic E-state index is 13.3. The van der Waals surface area contributed by atoms with E-state index in [2.05, 4.69) is 0 Å². The largest absolute Gasteiger partial charge is 0.465 e. The molecule has 0 N–H and O–H groups in total. The highest BCUT2D eigenvalue weighted by molar-refractivity contribution is 7.79. The molecular formula is C19H31F5O6S. The first kappa shape index (κ1) is 29.7. The summed E-state index contributed by atoms with van der Waals surface area (Å²) < 4.78 is 89.6. The van der Waals surface area contributed by atoms with E-state index in [9.17, 15) is 35.8 Å². The van der Waals surface area contributed by atoms with Gasteiger partial charge in [0.1, 0.15) is 0 Å². The fourth-order valence-corrected chi connectivity index (χ4v) is 3.32. The zero-order chi connectivity index (χ0) is 24.1. The van der Waals surface area contributed by atoms with Crippen LogP contribution in [0.5, 0.6) is 0 Å². The summed E-state index contributed by atoms with van der Waals surface area (Å²) in [5.74, 6) is -6.91. The molecule has 0 spiro atoms. The van der Waals surface area contributed by atoms with Crippen LogP contribution in [0, 0.1) is 5.41 Å². The smallest absolute Gasteiger partial charge is 0.453 e. The van der Waals surface area contributed by atoms with Crippen molar-refractivity contribution in [2.45, 2.75) is 77.3 Å². The standard InChI is InChI=1S/C19H31F5O6S/c1-4-28-15(25)17(16(26)29-5-2,11-8-6-7-9-14-30-31(3)27)12-10-13-18(20,21)19(22,23)24/h4-14H2,1-3H3. The van der Waals surface area contributed by atoms with E-state index in [1.165, 1.54) is 20.1 Å². The molecule has 0 heterocycles. The Labute approximate surface area is 181 Å². The number of carbonyl (C=O) groups excluding carboxylic acids is 2. The maximum atomic E-state index is 13.3. The van der Waals surface area contributed by atoms with Gasteiger partial charge in [-0.1, -0.05) is 19.3 Å². The van der Waals surface area contributed by atoms with Gasteiger partial charge in [0.15, 0.2) is 16.5 Å². The van der Waals surface area contributed by atoms with Gasteiger partial charge in [-0.3, -0.25) is 13.8 Å². The van der Waals surface area contributed by atoms with E-state index in [1.807, 2.05) is 0 Å². The molecule has 0 aromatic rings. The summed E-state index contributed by atoms with van der Waals surface area (Å²) >= 11 is -1.39. The third kappa shape index (κ3) is 10.2. The Morgan fingerprint density at radius 2 is 1.26 bits per heavy atom. The molecule has 0 rings (SSSR count). The summed E-state index contributed by atoms with van der Waals surface area (Å²) in [7, 11) is 0. The highest BCUT2D eigenvalue weighted by atomic mass is 32.2. The molecule has 0 aliphatic carbocycles. The minimum atomic E-state index is -5.71. The van der Waals surface area contributed by atoms with Crippen molar-refractivity contribution in [1.82, 2.24) is 0 Å². The average molecular weight is 483 g/mol. The molecule has 12 heteroatoms. The molecule has 0 aliphatic heterocycles. The number of ether oxygens (including phenoxy) is 2. The fourth-order valence-electron chi connectivity index (χ4n) is 2.97. The Morgan fingerprint density at radius 1 is 0.774 bits per heavy atom. The average Bonchev–Trinajstić information content (AvgIpc) is 2.64. The minimum Gasteiger partial charge on any atom is -0.465 e. The van der Waals surface area contributed by atoms with Crippen LogP contribution in [0.4, 0.5) is 22.0 Å². The summed E-state index contributed by atoms with van der Waals surface area (Å²) in [4.78, 5) is 25.2.